The summed E-state index contributed by atoms with van der Waals surface area (Å²) < 4.78 is 22.9. The van der Waals surface area contributed by atoms with Crippen LogP contribution in [0.5, 0.6) is 0 Å². The van der Waals surface area contributed by atoms with Gasteiger partial charge in [0.2, 0.25) is 0 Å². The van der Waals surface area contributed by atoms with E-state index < -0.39 is 9.84 Å². The van der Waals surface area contributed by atoms with E-state index in [1.54, 1.807) is 12.1 Å². The van der Waals surface area contributed by atoms with Gasteiger partial charge in [-0.05, 0) is 25.5 Å². The smallest absolute Gasteiger partial charge is 0.252 e. The van der Waals surface area contributed by atoms with E-state index in [4.69, 9.17) is 5.73 Å². The zero-order valence-corrected chi connectivity index (χ0v) is 12.7. The third-order valence-electron chi connectivity index (χ3n) is 3.31. The van der Waals surface area contributed by atoms with Crippen LogP contribution in [0.1, 0.15) is 27.9 Å². The number of hydrogen-bond acceptors (Lipinski definition) is 4. The highest BCUT2D eigenvalue weighted by Crippen LogP contribution is 2.15. The Bertz CT molecular complexity index is 714. The molecule has 3 N–H and O–H groups in total. The second kappa shape index (κ2) is 6.29. The quantitative estimate of drug-likeness (QED) is 0.765. The van der Waals surface area contributed by atoms with Crippen molar-refractivity contribution in [3.8, 4) is 11.8 Å². The highest BCUT2D eigenvalue weighted by molar-refractivity contribution is 7.91. The van der Waals surface area contributed by atoms with Gasteiger partial charge in [0.1, 0.15) is 0 Å². The Balaban J connectivity index is 2.20. The van der Waals surface area contributed by atoms with Gasteiger partial charge in [0.25, 0.3) is 5.91 Å². The summed E-state index contributed by atoms with van der Waals surface area (Å²) in [5.74, 6) is 5.45. The summed E-state index contributed by atoms with van der Waals surface area (Å²) in [4.78, 5) is 12.3. The first-order chi connectivity index (χ1) is 9.91. The third kappa shape index (κ3) is 4.06. The molecule has 1 aromatic carbocycles. The normalized spacial score (nSPS) is 19.6. The zero-order valence-electron chi connectivity index (χ0n) is 11.8. The molecule has 1 heterocycles. The van der Waals surface area contributed by atoms with Crippen LogP contribution in [0.2, 0.25) is 0 Å². The van der Waals surface area contributed by atoms with Crippen LogP contribution in [0.4, 0.5) is 0 Å². The van der Waals surface area contributed by atoms with Crippen molar-refractivity contribution in [2.75, 3.05) is 18.1 Å². The van der Waals surface area contributed by atoms with Gasteiger partial charge in [-0.2, -0.15) is 0 Å². The van der Waals surface area contributed by atoms with Gasteiger partial charge < -0.3 is 11.1 Å². The first-order valence-corrected chi connectivity index (χ1v) is 8.54. The van der Waals surface area contributed by atoms with Crippen LogP contribution in [-0.2, 0) is 9.84 Å². The molecule has 1 aliphatic rings. The lowest BCUT2D eigenvalue weighted by molar-refractivity contribution is 0.0941. The first kappa shape index (κ1) is 15.5. The number of aryl methyl sites for hydroxylation is 1. The Morgan fingerprint density at radius 1 is 1.48 bits per heavy atom. The number of rotatable bonds is 2. The van der Waals surface area contributed by atoms with E-state index >= 15 is 0 Å². The minimum atomic E-state index is -3.01. The Hall–Kier alpha value is -1.84. The van der Waals surface area contributed by atoms with Crippen molar-refractivity contribution in [2.45, 2.75) is 19.4 Å². The van der Waals surface area contributed by atoms with Gasteiger partial charge in [-0.3, -0.25) is 4.79 Å². The summed E-state index contributed by atoms with van der Waals surface area (Å²) in [5, 5.41) is 2.78. The molecule has 6 heteroatoms. The molecule has 0 aromatic heterocycles. The summed E-state index contributed by atoms with van der Waals surface area (Å²) in [6.45, 7) is 2.10. The monoisotopic (exact) mass is 306 g/mol. The molecule has 0 bridgehead atoms. The van der Waals surface area contributed by atoms with Crippen molar-refractivity contribution in [3.05, 3.63) is 34.9 Å². The topological polar surface area (TPSA) is 89.3 Å². The third-order valence-corrected chi connectivity index (χ3v) is 5.08. The molecule has 1 amide bonds. The van der Waals surface area contributed by atoms with Crippen LogP contribution in [-0.4, -0.2) is 38.4 Å². The molecule has 21 heavy (non-hydrogen) atoms. The average Bonchev–Trinajstić information content (AvgIpc) is 2.76. The summed E-state index contributed by atoms with van der Waals surface area (Å²) in [5.41, 5.74) is 7.36. The number of benzene rings is 1. The van der Waals surface area contributed by atoms with Crippen LogP contribution >= 0.6 is 0 Å². The molecule has 0 aliphatic carbocycles. The maximum atomic E-state index is 12.3. The molecule has 0 spiro atoms. The number of carbonyl (C=O) groups excluding carboxylic acids is 1. The number of nitrogens with two attached hydrogens (primary N) is 1. The minimum Gasteiger partial charge on any atom is -0.348 e. The van der Waals surface area contributed by atoms with E-state index in [2.05, 4.69) is 17.2 Å². The maximum absolute atomic E-state index is 12.3. The molecular weight excluding hydrogens is 288 g/mol. The lowest BCUT2D eigenvalue weighted by Crippen LogP contribution is -2.36. The van der Waals surface area contributed by atoms with Crippen molar-refractivity contribution in [2.24, 2.45) is 5.73 Å². The summed E-state index contributed by atoms with van der Waals surface area (Å²) in [6, 6.07) is 5.08. The van der Waals surface area contributed by atoms with Gasteiger partial charge in [0.15, 0.2) is 9.84 Å². The Morgan fingerprint density at radius 2 is 2.24 bits per heavy atom. The molecule has 1 aliphatic heterocycles. The number of hydrogen-bond donors (Lipinski definition) is 2. The first-order valence-electron chi connectivity index (χ1n) is 6.72. The lowest BCUT2D eigenvalue weighted by Gasteiger charge is -2.12. The largest absolute Gasteiger partial charge is 0.348 e. The number of amides is 1. The minimum absolute atomic E-state index is 0.00830. The van der Waals surface area contributed by atoms with Gasteiger partial charge in [-0.15, -0.1) is 0 Å². The fourth-order valence-electron chi connectivity index (χ4n) is 2.27. The molecular formula is C15H18N2O3S. The highest BCUT2D eigenvalue weighted by Gasteiger charge is 2.29. The van der Waals surface area contributed by atoms with Crippen LogP contribution in [0.3, 0.4) is 0 Å². The van der Waals surface area contributed by atoms with Crippen molar-refractivity contribution < 1.29 is 13.2 Å². The van der Waals surface area contributed by atoms with E-state index in [0.29, 0.717) is 17.5 Å². The number of carbonyl (C=O) groups is 1. The van der Waals surface area contributed by atoms with Crippen LogP contribution in [0, 0.1) is 18.8 Å². The second-order valence-electron chi connectivity index (χ2n) is 5.13. The molecule has 1 aromatic rings. The van der Waals surface area contributed by atoms with Gasteiger partial charge in [0, 0.05) is 11.6 Å². The van der Waals surface area contributed by atoms with Crippen molar-refractivity contribution >= 4 is 15.7 Å². The molecule has 1 atom stereocenters. The fraction of sp³-hybridized carbons (Fsp3) is 0.400. The van der Waals surface area contributed by atoms with Crippen LogP contribution in [0.15, 0.2) is 18.2 Å². The van der Waals surface area contributed by atoms with Crippen molar-refractivity contribution in [1.82, 2.24) is 5.32 Å². The molecule has 5 nitrogen and oxygen atoms in total. The molecule has 1 unspecified atom stereocenters. The van der Waals surface area contributed by atoms with E-state index in [0.717, 1.165) is 5.56 Å². The van der Waals surface area contributed by atoms with Gasteiger partial charge >= 0.3 is 0 Å². The van der Waals surface area contributed by atoms with E-state index in [9.17, 15) is 13.2 Å². The Morgan fingerprint density at radius 3 is 2.86 bits per heavy atom. The van der Waals surface area contributed by atoms with E-state index in [-0.39, 0.29) is 30.0 Å². The molecule has 0 saturated carbocycles. The highest BCUT2D eigenvalue weighted by atomic mass is 32.2. The molecule has 1 fully saturated rings. The molecule has 0 radical (unpaired) electrons. The fourth-order valence-corrected chi connectivity index (χ4v) is 3.95. The summed E-state index contributed by atoms with van der Waals surface area (Å²) >= 11 is 0. The number of sulfone groups is 1. The molecule has 2 rings (SSSR count). The Labute approximate surface area is 124 Å². The second-order valence-corrected chi connectivity index (χ2v) is 7.36. The van der Waals surface area contributed by atoms with Crippen LogP contribution in [0.25, 0.3) is 0 Å². The standard InChI is InChI=1S/C15H18N2O3S/c1-11-4-5-12(3-2-7-16)14(9-11)15(18)17-13-6-8-21(19,20)10-13/h4-5,9,13H,6-8,10,16H2,1H3,(H,17,18). The van der Waals surface area contributed by atoms with Gasteiger partial charge in [-0.25, -0.2) is 8.42 Å². The number of nitrogens with one attached hydrogen (secondary N) is 1. The predicted molar refractivity (Wildman–Crippen MR) is 81.6 cm³/mol. The van der Waals surface area contributed by atoms with Crippen LogP contribution < -0.4 is 11.1 Å². The predicted octanol–water partition coefficient (Wildman–Crippen LogP) is 0.222. The van der Waals surface area contributed by atoms with E-state index in [1.165, 1.54) is 0 Å². The molecule has 1 saturated heterocycles. The van der Waals surface area contributed by atoms with Gasteiger partial charge in [-0.1, -0.05) is 23.5 Å². The zero-order chi connectivity index (χ0) is 15.5. The average molecular weight is 306 g/mol. The SMILES string of the molecule is Cc1ccc(C#CCN)c(C(=O)NC2CCS(=O)(=O)C2)c1. The van der Waals surface area contributed by atoms with Crippen molar-refractivity contribution in [3.63, 3.8) is 0 Å². The maximum Gasteiger partial charge on any atom is 0.252 e. The van der Waals surface area contributed by atoms with Crippen molar-refractivity contribution in [1.29, 1.82) is 0 Å². The Kier molecular flexibility index (Phi) is 4.66. The summed E-state index contributed by atoms with van der Waals surface area (Å²) in [6.07, 6.45) is 0.462. The van der Waals surface area contributed by atoms with E-state index in [1.807, 2.05) is 13.0 Å². The van der Waals surface area contributed by atoms with Gasteiger partial charge in [0.05, 0.1) is 23.6 Å². The lowest BCUT2D eigenvalue weighted by atomic mass is 10.0. The molecule has 112 valence electrons. The summed E-state index contributed by atoms with van der Waals surface area (Å²) in [7, 11) is -3.01.